The van der Waals surface area contributed by atoms with Gasteiger partial charge in [-0.2, -0.15) is 4.31 Å². The summed E-state index contributed by atoms with van der Waals surface area (Å²) >= 11 is 0. The normalized spacial score (nSPS) is 20.4. The second-order valence-corrected chi connectivity index (χ2v) is 10.8. The second kappa shape index (κ2) is 10.2. The van der Waals surface area contributed by atoms with E-state index in [-0.39, 0.29) is 42.4 Å². The lowest BCUT2D eigenvalue weighted by atomic mass is 9.92. The first-order valence-electron chi connectivity index (χ1n) is 11.5. The van der Waals surface area contributed by atoms with Crippen LogP contribution < -0.4 is 14.8 Å². The summed E-state index contributed by atoms with van der Waals surface area (Å²) in [5, 5.41) is 2.43. The van der Waals surface area contributed by atoms with Crippen molar-refractivity contribution in [3.8, 4) is 11.5 Å². The molecule has 2 aromatic carbocycles. The molecule has 0 saturated carbocycles. The number of nitrogens with zero attached hydrogens (tertiary/aromatic N) is 3. The van der Waals surface area contributed by atoms with E-state index in [1.54, 1.807) is 0 Å². The van der Waals surface area contributed by atoms with E-state index in [1.165, 1.54) is 54.6 Å². The van der Waals surface area contributed by atoms with Crippen molar-refractivity contribution < 1.29 is 41.1 Å². The van der Waals surface area contributed by atoms with Crippen LogP contribution in [0.4, 0.5) is 13.6 Å². The Morgan fingerprint density at radius 2 is 1.63 bits per heavy atom. The van der Waals surface area contributed by atoms with E-state index < -0.39 is 51.6 Å². The zero-order valence-corrected chi connectivity index (χ0v) is 21.7. The molecule has 11 nitrogen and oxygen atoms in total. The standard InChI is InChI=1S/C24H26F2N4O7S/c1-24(15-4-6-17(25)18(26)12-15)22(32)30(23(33)27-24)14-21(31)28-8-10-29(11-9-28)38(34,35)16-5-7-19(36-2)20(13-16)37-3/h4-7,12-13H,8-11,14H2,1-3H3,(H,27,33)/t24-/m1/s1. The number of ether oxygens (including phenoxy) is 2. The molecule has 2 fully saturated rings. The average molecular weight is 553 g/mol. The van der Waals surface area contributed by atoms with Crippen molar-refractivity contribution in [3.05, 3.63) is 53.6 Å². The van der Waals surface area contributed by atoms with E-state index in [4.69, 9.17) is 9.47 Å². The Morgan fingerprint density at radius 1 is 0.974 bits per heavy atom. The second-order valence-electron chi connectivity index (χ2n) is 8.88. The Kier molecular flexibility index (Phi) is 7.30. The first-order chi connectivity index (χ1) is 17.9. The van der Waals surface area contributed by atoms with Gasteiger partial charge in [0.15, 0.2) is 23.1 Å². The van der Waals surface area contributed by atoms with Crippen LogP contribution in [0.2, 0.25) is 0 Å². The fraction of sp³-hybridized carbons (Fsp3) is 0.375. The lowest BCUT2D eigenvalue weighted by molar-refractivity contribution is -0.139. The summed E-state index contributed by atoms with van der Waals surface area (Å²) in [7, 11) is -1.06. The molecule has 14 heteroatoms. The molecule has 1 atom stereocenters. The van der Waals surface area contributed by atoms with E-state index in [1.807, 2.05) is 0 Å². The number of nitrogens with one attached hydrogen (secondary N) is 1. The van der Waals surface area contributed by atoms with E-state index in [0.717, 1.165) is 12.1 Å². The van der Waals surface area contributed by atoms with Crippen LogP contribution >= 0.6 is 0 Å². The van der Waals surface area contributed by atoms with Gasteiger partial charge in [-0.15, -0.1) is 0 Å². The van der Waals surface area contributed by atoms with Crippen molar-refractivity contribution in [2.24, 2.45) is 0 Å². The topological polar surface area (TPSA) is 126 Å². The molecule has 0 bridgehead atoms. The van der Waals surface area contributed by atoms with Gasteiger partial charge < -0.3 is 19.7 Å². The zero-order valence-electron chi connectivity index (χ0n) is 20.9. The lowest BCUT2D eigenvalue weighted by Gasteiger charge is -2.34. The third-order valence-corrected chi connectivity index (χ3v) is 8.54. The smallest absolute Gasteiger partial charge is 0.325 e. The minimum atomic E-state index is -3.89. The Labute approximate surface area is 217 Å². The Hall–Kier alpha value is -3.78. The van der Waals surface area contributed by atoms with Gasteiger partial charge in [-0.25, -0.2) is 22.0 Å². The van der Waals surface area contributed by atoms with Crippen LogP contribution in [0.3, 0.4) is 0 Å². The Bertz CT molecular complexity index is 1400. The summed E-state index contributed by atoms with van der Waals surface area (Å²) in [6, 6.07) is 6.22. The van der Waals surface area contributed by atoms with Crippen molar-refractivity contribution in [1.82, 2.24) is 19.4 Å². The molecule has 0 aliphatic carbocycles. The van der Waals surface area contributed by atoms with E-state index in [9.17, 15) is 31.6 Å². The number of benzene rings is 2. The molecule has 0 unspecified atom stereocenters. The maximum atomic E-state index is 13.7. The van der Waals surface area contributed by atoms with E-state index in [0.29, 0.717) is 10.6 Å². The molecule has 2 heterocycles. The van der Waals surface area contributed by atoms with Crippen molar-refractivity contribution in [3.63, 3.8) is 0 Å². The zero-order chi connectivity index (χ0) is 27.8. The molecule has 204 valence electrons. The van der Waals surface area contributed by atoms with Crippen molar-refractivity contribution in [2.45, 2.75) is 17.4 Å². The predicted octanol–water partition coefficient (Wildman–Crippen LogP) is 1.28. The van der Waals surface area contributed by atoms with Gasteiger partial charge in [-0.3, -0.25) is 14.5 Å². The third-order valence-electron chi connectivity index (χ3n) is 6.65. The number of halogens is 2. The maximum Gasteiger partial charge on any atom is 0.325 e. The molecule has 0 aromatic heterocycles. The largest absolute Gasteiger partial charge is 0.493 e. The molecule has 0 radical (unpaired) electrons. The minimum absolute atomic E-state index is 0.00483. The van der Waals surface area contributed by atoms with Crippen LogP contribution in [0.15, 0.2) is 41.3 Å². The lowest BCUT2D eigenvalue weighted by Crippen LogP contribution is -2.53. The third kappa shape index (κ3) is 4.76. The van der Waals surface area contributed by atoms with Gasteiger partial charge in [0.25, 0.3) is 5.91 Å². The van der Waals surface area contributed by atoms with E-state index in [2.05, 4.69) is 5.32 Å². The quantitative estimate of drug-likeness (QED) is 0.513. The highest BCUT2D eigenvalue weighted by atomic mass is 32.2. The molecule has 0 spiro atoms. The minimum Gasteiger partial charge on any atom is -0.493 e. The number of rotatable bonds is 7. The fourth-order valence-corrected chi connectivity index (χ4v) is 5.82. The van der Waals surface area contributed by atoms with Crippen LogP contribution in [0.5, 0.6) is 11.5 Å². The number of carbonyl (C=O) groups is 3. The Balaban J connectivity index is 1.41. The van der Waals surface area contributed by atoms with Crippen LogP contribution in [0.25, 0.3) is 0 Å². The number of hydrogen-bond donors (Lipinski definition) is 1. The molecule has 4 amide bonds. The molecular formula is C24H26F2N4O7S. The number of amides is 4. The molecule has 2 aliphatic heterocycles. The number of sulfonamides is 1. The number of hydrogen-bond acceptors (Lipinski definition) is 7. The van der Waals surface area contributed by atoms with Crippen LogP contribution in [0, 0.1) is 11.6 Å². The van der Waals surface area contributed by atoms with Gasteiger partial charge in [-0.05, 0) is 36.8 Å². The van der Waals surface area contributed by atoms with Gasteiger partial charge in [0, 0.05) is 32.2 Å². The number of imide groups is 1. The summed E-state index contributed by atoms with van der Waals surface area (Å²) in [4.78, 5) is 40.6. The average Bonchev–Trinajstić information content (AvgIpc) is 3.13. The van der Waals surface area contributed by atoms with Crippen LogP contribution in [-0.2, 0) is 25.2 Å². The Morgan fingerprint density at radius 3 is 2.24 bits per heavy atom. The highest BCUT2D eigenvalue weighted by molar-refractivity contribution is 7.89. The predicted molar refractivity (Wildman–Crippen MR) is 129 cm³/mol. The summed E-state index contributed by atoms with van der Waals surface area (Å²) in [5.74, 6) is -3.01. The summed E-state index contributed by atoms with van der Waals surface area (Å²) in [6.45, 7) is 0.809. The molecular weight excluding hydrogens is 526 g/mol. The maximum absolute atomic E-state index is 13.7. The van der Waals surface area contributed by atoms with Crippen molar-refractivity contribution in [1.29, 1.82) is 0 Å². The van der Waals surface area contributed by atoms with Crippen molar-refractivity contribution >= 4 is 27.9 Å². The first kappa shape index (κ1) is 27.3. The molecule has 2 aromatic rings. The molecule has 4 rings (SSSR count). The monoisotopic (exact) mass is 552 g/mol. The summed E-state index contributed by atoms with van der Waals surface area (Å²) < 4.78 is 64.9. The molecule has 38 heavy (non-hydrogen) atoms. The van der Waals surface area contributed by atoms with Gasteiger partial charge in [0.2, 0.25) is 15.9 Å². The number of urea groups is 1. The number of carbonyl (C=O) groups excluding carboxylic acids is 3. The summed E-state index contributed by atoms with van der Waals surface area (Å²) in [6.07, 6.45) is 0. The van der Waals surface area contributed by atoms with Crippen LogP contribution in [-0.4, -0.2) is 87.3 Å². The van der Waals surface area contributed by atoms with Gasteiger partial charge in [-0.1, -0.05) is 6.07 Å². The van der Waals surface area contributed by atoms with Gasteiger partial charge >= 0.3 is 6.03 Å². The summed E-state index contributed by atoms with van der Waals surface area (Å²) in [5.41, 5.74) is -1.66. The number of piperazine rings is 1. The SMILES string of the molecule is COc1ccc(S(=O)(=O)N2CCN(C(=O)CN3C(=O)N[C@](C)(c4ccc(F)c(F)c4)C3=O)CC2)cc1OC. The molecule has 1 N–H and O–H groups in total. The number of methoxy groups -OCH3 is 2. The molecule has 2 saturated heterocycles. The highest BCUT2D eigenvalue weighted by Crippen LogP contribution is 2.32. The molecule has 2 aliphatic rings. The first-order valence-corrected chi connectivity index (χ1v) is 13.0. The van der Waals surface area contributed by atoms with Crippen molar-refractivity contribution in [2.75, 3.05) is 46.9 Å². The van der Waals surface area contributed by atoms with Crippen LogP contribution in [0.1, 0.15) is 12.5 Å². The van der Waals surface area contributed by atoms with E-state index >= 15 is 0 Å². The fourth-order valence-electron chi connectivity index (χ4n) is 4.38. The van der Waals surface area contributed by atoms with Gasteiger partial charge in [0.1, 0.15) is 12.1 Å². The van der Waals surface area contributed by atoms with Gasteiger partial charge in [0.05, 0.1) is 19.1 Å². The highest BCUT2D eigenvalue weighted by Gasteiger charge is 2.50.